The first kappa shape index (κ1) is 20.1. The molecule has 1 saturated heterocycles. The maximum absolute atomic E-state index is 11.9. The summed E-state index contributed by atoms with van der Waals surface area (Å²) in [5.41, 5.74) is 0.911. The van der Waals surface area contributed by atoms with Crippen molar-refractivity contribution in [3.8, 4) is 11.6 Å². The Kier molecular flexibility index (Phi) is 5.10. The summed E-state index contributed by atoms with van der Waals surface area (Å²) < 4.78 is 12.1. The number of rotatable bonds is 4. The van der Waals surface area contributed by atoms with E-state index in [0.29, 0.717) is 36.0 Å². The molecule has 10 nitrogen and oxygen atoms in total. The van der Waals surface area contributed by atoms with E-state index >= 15 is 0 Å². The molecule has 3 aromatic rings. The van der Waals surface area contributed by atoms with Crippen molar-refractivity contribution in [2.75, 3.05) is 25.1 Å². The largest absolute Gasteiger partial charge is 0.497 e. The number of methoxy groups -OCH3 is 1. The van der Waals surface area contributed by atoms with Crippen LogP contribution in [0.15, 0.2) is 24.3 Å². The van der Waals surface area contributed by atoms with Crippen molar-refractivity contribution < 1.29 is 14.3 Å². The van der Waals surface area contributed by atoms with Crippen LogP contribution in [0.2, 0.25) is 5.28 Å². The van der Waals surface area contributed by atoms with Gasteiger partial charge in [0, 0.05) is 25.2 Å². The van der Waals surface area contributed by atoms with E-state index < -0.39 is 11.7 Å². The first-order chi connectivity index (χ1) is 14.2. The molecule has 1 aliphatic heterocycles. The fourth-order valence-electron chi connectivity index (χ4n) is 3.10. The van der Waals surface area contributed by atoms with Crippen molar-refractivity contribution >= 4 is 34.5 Å². The highest BCUT2D eigenvalue weighted by Crippen LogP contribution is 2.25. The zero-order chi connectivity index (χ0) is 21.5. The minimum atomic E-state index is -0.535. The number of hydrogen-bond acceptors (Lipinski definition) is 8. The van der Waals surface area contributed by atoms with Crippen LogP contribution in [-0.2, 0) is 4.74 Å². The molecule has 1 N–H and O–H groups in total. The van der Waals surface area contributed by atoms with E-state index in [2.05, 4.69) is 25.6 Å². The molecule has 0 bridgehead atoms. The van der Waals surface area contributed by atoms with Gasteiger partial charge in [0.05, 0.1) is 18.7 Å². The van der Waals surface area contributed by atoms with E-state index in [9.17, 15) is 4.79 Å². The van der Waals surface area contributed by atoms with E-state index in [-0.39, 0.29) is 11.3 Å². The average molecular weight is 432 g/mol. The number of ether oxygens (including phenoxy) is 2. The fraction of sp³-hybridized carbons (Fsp3) is 0.421. The van der Waals surface area contributed by atoms with Crippen molar-refractivity contribution in [3.63, 3.8) is 0 Å². The van der Waals surface area contributed by atoms with Gasteiger partial charge in [-0.25, -0.2) is 9.78 Å². The number of halogens is 1. The van der Waals surface area contributed by atoms with Gasteiger partial charge in [0.2, 0.25) is 5.28 Å². The summed E-state index contributed by atoms with van der Waals surface area (Å²) in [4.78, 5) is 22.5. The summed E-state index contributed by atoms with van der Waals surface area (Å²) >= 11 is 6.16. The lowest BCUT2D eigenvalue weighted by molar-refractivity contribution is 0.0496. The van der Waals surface area contributed by atoms with Crippen LogP contribution in [0.3, 0.4) is 0 Å². The third kappa shape index (κ3) is 4.23. The van der Waals surface area contributed by atoms with Crippen LogP contribution >= 0.6 is 11.6 Å². The summed E-state index contributed by atoms with van der Waals surface area (Å²) in [5, 5.41) is 11.3. The van der Waals surface area contributed by atoms with Crippen molar-refractivity contribution in [1.82, 2.24) is 30.3 Å². The van der Waals surface area contributed by atoms with Crippen LogP contribution in [0.1, 0.15) is 20.8 Å². The maximum Gasteiger partial charge on any atom is 0.407 e. The minimum absolute atomic E-state index is 0.0308. The number of alkyl carbamates (subject to hydrolysis) is 1. The Labute approximate surface area is 178 Å². The molecular weight excluding hydrogens is 410 g/mol. The van der Waals surface area contributed by atoms with Crippen LogP contribution < -0.4 is 15.0 Å². The lowest BCUT2D eigenvalue weighted by Crippen LogP contribution is -2.60. The normalized spacial score (nSPS) is 14.5. The molecule has 0 spiro atoms. The third-order valence-electron chi connectivity index (χ3n) is 4.47. The number of carbonyl (C=O) groups is 1. The number of nitrogens with zero attached hydrogens (tertiary/aromatic N) is 6. The van der Waals surface area contributed by atoms with Gasteiger partial charge in [-0.2, -0.15) is 9.67 Å². The monoisotopic (exact) mass is 431 g/mol. The number of carbonyl (C=O) groups excluding carboxylic acids is 1. The summed E-state index contributed by atoms with van der Waals surface area (Å²) in [5.74, 6) is 1.84. The highest BCUT2D eigenvalue weighted by Gasteiger charge is 2.31. The molecule has 1 fully saturated rings. The van der Waals surface area contributed by atoms with Crippen molar-refractivity contribution in [2.45, 2.75) is 32.4 Å². The molecule has 1 amide bonds. The number of nitrogens with one attached hydrogen (secondary N) is 1. The molecule has 158 valence electrons. The Hall–Kier alpha value is -3.14. The third-order valence-corrected chi connectivity index (χ3v) is 4.64. The van der Waals surface area contributed by atoms with E-state index in [0.717, 1.165) is 5.52 Å². The van der Waals surface area contributed by atoms with Gasteiger partial charge in [-0.15, -0.1) is 5.10 Å². The Balaban J connectivity index is 1.50. The molecule has 0 saturated carbocycles. The number of hydrogen-bond donors (Lipinski definition) is 1. The Bertz CT molecular complexity index is 1090. The summed E-state index contributed by atoms with van der Waals surface area (Å²) in [7, 11) is 1.60. The van der Waals surface area contributed by atoms with Gasteiger partial charge in [-0.1, -0.05) is 5.21 Å². The topological polar surface area (TPSA) is 107 Å². The summed E-state index contributed by atoms with van der Waals surface area (Å²) in [6.45, 7) is 6.65. The van der Waals surface area contributed by atoms with Crippen LogP contribution in [0.5, 0.6) is 5.75 Å². The average Bonchev–Trinajstić information content (AvgIpc) is 3.05. The first-order valence-corrected chi connectivity index (χ1v) is 9.78. The van der Waals surface area contributed by atoms with Crippen LogP contribution in [0, 0.1) is 0 Å². The lowest BCUT2D eigenvalue weighted by Gasteiger charge is -2.40. The van der Waals surface area contributed by atoms with Gasteiger partial charge in [0.25, 0.3) is 0 Å². The number of fused-ring (bicyclic) bond motifs is 1. The molecule has 0 aliphatic carbocycles. The van der Waals surface area contributed by atoms with Crippen molar-refractivity contribution in [2.24, 2.45) is 0 Å². The molecule has 3 heterocycles. The maximum atomic E-state index is 11.9. The SMILES string of the molecule is COc1ccc2c(c1)nnn2-c1cc(N2CC(NC(=O)OC(C)(C)C)C2)nc(Cl)n1. The van der Waals surface area contributed by atoms with Gasteiger partial charge in [0.1, 0.15) is 22.7 Å². The molecule has 1 aromatic carbocycles. The standard InChI is InChI=1S/C19H22ClN7O3/c1-19(2,3)30-18(28)21-11-9-26(10-11)15-8-16(23-17(20)22-15)27-14-6-5-12(29-4)7-13(14)24-25-27/h5-8,11H,9-10H2,1-4H3,(H,21,28). The molecule has 0 atom stereocenters. The van der Waals surface area contributed by atoms with Gasteiger partial charge >= 0.3 is 6.09 Å². The Morgan fingerprint density at radius 1 is 1.20 bits per heavy atom. The second kappa shape index (κ2) is 7.60. The van der Waals surface area contributed by atoms with E-state index in [4.69, 9.17) is 21.1 Å². The highest BCUT2D eigenvalue weighted by atomic mass is 35.5. The Morgan fingerprint density at radius 3 is 2.63 bits per heavy atom. The minimum Gasteiger partial charge on any atom is -0.497 e. The van der Waals surface area contributed by atoms with Crippen LogP contribution in [0.25, 0.3) is 16.9 Å². The molecular formula is C19H22ClN7O3. The second-order valence-corrected chi connectivity index (χ2v) is 8.30. The van der Waals surface area contributed by atoms with Gasteiger partial charge in [-0.05, 0) is 44.5 Å². The van der Waals surface area contributed by atoms with E-state index in [1.54, 1.807) is 23.9 Å². The van der Waals surface area contributed by atoms with Crippen molar-refractivity contribution in [3.05, 3.63) is 29.5 Å². The zero-order valence-corrected chi connectivity index (χ0v) is 17.8. The highest BCUT2D eigenvalue weighted by molar-refractivity contribution is 6.28. The fourth-order valence-corrected chi connectivity index (χ4v) is 3.27. The zero-order valence-electron chi connectivity index (χ0n) is 17.1. The van der Waals surface area contributed by atoms with E-state index in [1.807, 2.05) is 37.8 Å². The molecule has 0 unspecified atom stereocenters. The summed E-state index contributed by atoms with van der Waals surface area (Å²) in [6.07, 6.45) is -0.432. The molecule has 4 rings (SSSR count). The van der Waals surface area contributed by atoms with E-state index in [1.165, 1.54) is 0 Å². The molecule has 1 aliphatic rings. The molecule has 0 radical (unpaired) electrons. The van der Waals surface area contributed by atoms with Crippen molar-refractivity contribution in [1.29, 1.82) is 0 Å². The van der Waals surface area contributed by atoms with Crippen LogP contribution in [0.4, 0.5) is 10.6 Å². The number of aromatic nitrogens is 5. The first-order valence-electron chi connectivity index (χ1n) is 9.41. The lowest BCUT2D eigenvalue weighted by atomic mass is 10.1. The Morgan fingerprint density at radius 2 is 1.93 bits per heavy atom. The number of amides is 1. The molecule has 2 aromatic heterocycles. The second-order valence-electron chi connectivity index (χ2n) is 7.96. The predicted molar refractivity (Wildman–Crippen MR) is 111 cm³/mol. The number of benzene rings is 1. The smallest absolute Gasteiger partial charge is 0.407 e. The summed E-state index contributed by atoms with van der Waals surface area (Å²) in [6, 6.07) is 7.23. The van der Waals surface area contributed by atoms with Gasteiger partial charge in [-0.3, -0.25) is 0 Å². The van der Waals surface area contributed by atoms with Gasteiger partial charge in [0.15, 0.2) is 5.82 Å². The van der Waals surface area contributed by atoms with Crippen LogP contribution in [-0.4, -0.2) is 62.9 Å². The van der Waals surface area contributed by atoms with Gasteiger partial charge < -0.3 is 19.7 Å². The molecule has 11 heteroatoms. The number of anilines is 1. The predicted octanol–water partition coefficient (Wildman–Crippen LogP) is 2.59. The molecule has 30 heavy (non-hydrogen) atoms. The quantitative estimate of drug-likeness (QED) is 0.628.